The van der Waals surface area contributed by atoms with Gasteiger partial charge < -0.3 is 10.2 Å². The summed E-state index contributed by atoms with van der Waals surface area (Å²) in [7, 11) is 1.75. The van der Waals surface area contributed by atoms with Crippen molar-refractivity contribution in [3.8, 4) is 22.4 Å². The average Bonchev–Trinajstić information content (AvgIpc) is 3.55. The van der Waals surface area contributed by atoms with Crippen molar-refractivity contribution in [2.75, 3.05) is 18.9 Å². The monoisotopic (exact) mass is 658 g/mol. The van der Waals surface area contributed by atoms with Crippen LogP contribution in [0.2, 0.25) is 0 Å². The number of anilines is 1. The van der Waals surface area contributed by atoms with Gasteiger partial charge in [0.1, 0.15) is 6.04 Å². The second kappa shape index (κ2) is 14.8. The standard InChI is InChI=1S/C40H42N4O3S/c1-7-24-44(6)38(47)35(29-13-9-8-10-14-29)42-36(45)30-18-16-27(17-19-30)33-25-48-39(41-33)43-37(46)32-15-11-12-26(2)34(32)28-20-22-31(23-21-28)40(3,4)5/h8-23,25,35H,7,24H2,1-6H3,(H,42,45)(H,41,43,46). The molecule has 0 aliphatic heterocycles. The third-order valence-electron chi connectivity index (χ3n) is 8.32. The molecule has 1 heterocycles. The van der Waals surface area contributed by atoms with Gasteiger partial charge in [0.25, 0.3) is 11.8 Å². The molecule has 3 amide bonds. The van der Waals surface area contributed by atoms with Crippen LogP contribution in [0.15, 0.2) is 102 Å². The molecule has 1 atom stereocenters. The van der Waals surface area contributed by atoms with Gasteiger partial charge in [0, 0.05) is 35.7 Å². The van der Waals surface area contributed by atoms with Crippen molar-refractivity contribution in [1.82, 2.24) is 15.2 Å². The summed E-state index contributed by atoms with van der Waals surface area (Å²) in [5.74, 6) is -0.739. The number of rotatable bonds is 10. The minimum absolute atomic E-state index is 0.0385. The van der Waals surface area contributed by atoms with Gasteiger partial charge >= 0.3 is 0 Å². The van der Waals surface area contributed by atoms with Crippen molar-refractivity contribution in [3.05, 3.63) is 130 Å². The normalized spacial score (nSPS) is 11.9. The lowest BCUT2D eigenvalue weighted by Crippen LogP contribution is -2.41. The van der Waals surface area contributed by atoms with E-state index in [0.29, 0.717) is 28.5 Å². The van der Waals surface area contributed by atoms with Crippen molar-refractivity contribution in [3.63, 3.8) is 0 Å². The van der Waals surface area contributed by atoms with E-state index in [0.717, 1.165) is 34.2 Å². The van der Waals surface area contributed by atoms with Gasteiger partial charge in [0.15, 0.2) is 5.13 Å². The summed E-state index contributed by atoms with van der Waals surface area (Å²) in [6, 6.07) is 29.7. The second-order valence-electron chi connectivity index (χ2n) is 13.0. The zero-order chi connectivity index (χ0) is 34.4. The molecule has 1 unspecified atom stereocenters. The van der Waals surface area contributed by atoms with Gasteiger partial charge in [-0.25, -0.2) is 4.98 Å². The van der Waals surface area contributed by atoms with Crippen LogP contribution < -0.4 is 10.6 Å². The number of aromatic nitrogens is 1. The molecule has 0 radical (unpaired) electrons. The van der Waals surface area contributed by atoms with Crippen LogP contribution in [0.3, 0.4) is 0 Å². The molecular weight excluding hydrogens is 617 g/mol. The summed E-state index contributed by atoms with van der Waals surface area (Å²) in [4.78, 5) is 46.4. The van der Waals surface area contributed by atoms with Crippen LogP contribution in [-0.4, -0.2) is 41.2 Å². The van der Waals surface area contributed by atoms with Crippen LogP contribution in [0.4, 0.5) is 5.13 Å². The number of carbonyl (C=O) groups excluding carboxylic acids is 3. The average molecular weight is 659 g/mol. The fourth-order valence-electron chi connectivity index (χ4n) is 5.61. The Morgan fingerprint density at radius 2 is 1.50 bits per heavy atom. The quantitative estimate of drug-likeness (QED) is 0.157. The first-order valence-electron chi connectivity index (χ1n) is 16.1. The SMILES string of the molecule is CCCN(C)C(=O)C(NC(=O)c1ccc(-c2csc(NC(=O)c3cccc(C)c3-c3ccc(C(C)(C)C)cc3)n2)cc1)c1ccccc1. The van der Waals surface area contributed by atoms with Gasteiger partial charge in [-0.1, -0.05) is 107 Å². The second-order valence-corrected chi connectivity index (χ2v) is 13.8. The number of hydrogen-bond acceptors (Lipinski definition) is 5. The molecule has 4 aromatic carbocycles. The van der Waals surface area contributed by atoms with E-state index in [4.69, 9.17) is 0 Å². The molecule has 0 spiro atoms. The molecule has 0 bridgehead atoms. The van der Waals surface area contributed by atoms with E-state index in [2.05, 4.69) is 60.7 Å². The van der Waals surface area contributed by atoms with Crippen molar-refractivity contribution < 1.29 is 14.4 Å². The summed E-state index contributed by atoms with van der Waals surface area (Å²) < 4.78 is 0. The molecule has 7 nitrogen and oxygen atoms in total. The molecule has 0 aliphatic carbocycles. The number of carbonyl (C=O) groups is 3. The number of amides is 3. The minimum Gasteiger partial charge on any atom is -0.344 e. The zero-order valence-electron chi connectivity index (χ0n) is 28.3. The first-order chi connectivity index (χ1) is 23.0. The molecular formula is C40H42N4O3S. The Morgan fingerprint density at radius 1 is 0.833 bits per heavy atom. The van der Waals surface area contributed by atoms with Crippen molar-refractivity contribution in [2.24, 2.45) is 0 Å². The molecule has 8 heteroatoms. The lowest BCUT2D eigenvalue weighted by molar-refractivity contribution is -0.132. The lowest BCUT2D eigenvalue weighted by atomic mass is 9.85. The molecule has 0 saturated carbocycles. The number of aryl methyl sites for hydroxylation is 1. The number of nitrogens with zero attached hydrogens (tertiary/aromatic N) is 2. The van der Waals surface area contributed by atoms with Crippen LogP contribution in [0, 0.1) is 6.92 Å². The number of nitrogens with one attached hydrogen (secondary N) is 2. The van der Waals surface area contributed by atoms with E-state index in [1.807, 2.05) is 79.9 Å². The lowest BCUT2D eigenvalue weighted by Gasteiger charge is -2.24. The summed E-state index contributed by atoms with van der Waals surface area (Å²) in [6.45, 7) is 11.2. The third-order valence-corrected chi connectivity index (χ3v) is 9.07. The first kappa shape index (κ1) is 34.3. The van der Waals surface area contributed by atoms with Gasteiger partial charge in [-0.2, -0.15) is 0 Å². The van der Waals surface area contributed by atoms with E-state index in [1.54, 1.807) is 24.1 Å². The molecule has 0 aliphatic rings. The number of hydrogen-bond donors (Lipinski definition) is 2. The predicted octanol–water partition coefficient (Wildman–Crippen LogP) is 8.67. The molecule has 0 saturated heterocycles. The maximum atomic E-state index is 13.6. The van der Waals surface area contributed by atoms with E-state index >= 15 is 0 Å². The Kier molecular flexibility index (Phi) is 10.5. The fraction of sp³-hybridized carbons (Fsp3) is 0.250. The van der Waals surface area contributed by atoms with E-state index < -0.39 is 6.04 Å². The Morgan fingerprint density at radius 3 is 2.15 bits per heavy atom. The first-order valence-corrected chi connectivity index (χ1v) is 17.0. The Balaban J connectivity index is 1.29. The number of benzene rings is 4. The molecule has 48 heavy (non-hydrogen) atoms. The molecule has 5 aromatic rings. The molecule has 0 fully saturated rings. The Hall–Kier alpha value is -5.08. The Bertz CT molecular complexity index is 1890. The fourth-order valence-corrected chi connectivity index (χ4v) is 6.33. The number of likely N-dealkylation sites (N-methyl/N-ethyl adjacent to an activating group) is 1. The van der Waals surface area contributed by atoms with Gasteiger partial charge in [0.2, 0.25) is 5.91 Å². The van der Waals surface area contributed by atoms with Crippen LogP contribution in [-0.2, 0) is 10.2 Å². The highest BCUT2D eigenvalue weighted by Crippen LogP contribution is 2.32. The molecule has 246 valence electrons. The van der Waals surface area contributed by atoms with Gasteiger partial charge in [-0.3, -0.25) is 19.7 Å². The molecule has 1 aromatic heterocycles. The summed E-state index contributed by atoms with van der Waals surface area (Å²) in [5, 5.41) is 8.27. The van der Waals surface area contributed by atoms with Crippen molar-refractivity contribution >= 4 is 34.2 Å². The topological polar surface area (TPSA) is 91.4 Å². The van der Waals surface area contributed by atoms with Gasteiger partial charge in [-0.05, 0) is 64.8 Å². The summed E-state index contributed by atoms with van der Waals surface area (Å²) >= 11 is 1.34. The number of thiazole rings is 1. The van der Waals surface area contributed by atoms with Gasteiger partial charge in [0.05, 0.1) is 5.69 Å². The Labute approximate surface area is 287 Å². The maximum Gasteiger partial charge on any atom is 0.258 e. The molecule has 2 N–H and O–H groups in total. The highest BCUT2D eigenvalue weighted by molar-refractivity contribution is 7.14. The third kappa shape index (κ3) is 7.89. The predicted molar refractivity (Wildman–Crippen MR) is 195 cm³/mol. The van der Waals surface area contributed by atoms with E-state index in [9.17, 15) is 14.4 Å². The molecule has 5 rings (SSSR count). The minimum atomic E-state index is -0.795. The highest BCUT2D eigenvalue weighted by Gasteiger charge is 2.26. The van der Waals surface area contributed by atoms with Crippen LogP contribution in [0.5, 0.6) is 0 Å². The summed E-state index contributed by atoms with van der Waals surface area (Å²) in [6.07, 6.45) is 0.820. The van der Waals surface area contributed by atoms with E-state index in [-0.39, 0.29) is 23.1 Å². The van der Waals surface area contributed by atoms with Crippen LogP contribution in [0.25, 0.3) is 22.4 Å². The summed E-state index contributed by atoms with van der Waals surface area (Å²) in [5.41, 5.74) is 7.40. The van der Waals surface area contributed by atoms with Gasteiger partial charge in [-0.15, -0.1) is 11.3 Å². The van der Waals surface area contributed by atoms with Crippen molar-refractivity contribution in [1.29, 1.82) is 0 Å². The largest absolute Gasteiger partial charge is 0.344 e. The smallest absolute Gasteiger partial charge is 0.258 e. The highest BCUT2D eigenvalue weighted by atomic mass is 32.1. The van der Waals surface area contributed by atoms with Crippen LogP contribution in [0.1, 0.15) is 77.6 Å². The van der Waals surface area contributed by atoms with Crippen LogP contribution >= 0.6 is 11.3 Å². The zero-order valence-corrected chi connectivity index (χ0v) is 29.2. The van der Waals surface area contributed by atoms with Crippen molar-refractivity contribution in [2.45, 2.75) is 52.5 Å². The van der Waals surface area contributed by atoms with E-state index in [1.165, 1.54) is 16.9 Å². The maximum absolute atomic E-state index is 13.6.